The molecule has 8 heteroatoms. The number of rotatable bonds is 8. The molecule has 156 valence electrons. The van der Waals surface area contributed by atoms with Crippen LogP contribution in [0.25, 0.3) is 11.4 Å². The molecule has 30 heavy (non-hydrogen) atoms. The Morgan fingerprint density at radius 1 is 1.27 bits per heavy atom. The third-order valence-electron chi connectivity index (χ3n) is 4.74. The number of hydrogen-bond donors (Lipinski definition) is 1. The number of nitrogens with zero attached hydrogens (tertiary/aromatic N) is 3. The zero-order valence-corrected chi connectivity index (χ0v) is 18.3. The number of thioether (sulfide) groups is 1. The van der Waals surface area contributed by atoms with Crippen molar-refractivity contribution in [2.24, 2.45) is 0 Å². The first-order valence-corrected chi connectivity index (χ1v) is 10.4. The van der Waals surface area contributed by atoms with Crippen molar-refractivity contribution in [2.75, 3.05) is 12.9 Å². The van der Waals surface area contributed by atoms with E-state index in [1.807, 2.05) is 35.8 Å². The number of carbonyl (C=O) groups excluding carboxylic acids is 2. The number of nitrogens with one attached hydrogen (secondary N) is 1. The molecule has 0 amide bonds. The van der Waals surface area contributed by atoms with Crippen molar-refractivity contribution in [1.29, 1.82) is 0 Å². The number of H-pyrrole nitrogens is 1. The van der Waals surface area contributed by atoms with E-state index >= 15 is 0 Å². The molecular weight excluding hydrogens is 400 g/mol. The van der Waals surface area contributed by atoms with Crippen molar-refractivity contribution in [1.82, 2.24) is 19.7 Å². The molecule has 0 atom stereocenters. The molecule has 0 aliphatic rings. The van der Waals surface area contributed by atoms with E-state index in [0.717, 1.165) is 17.0 Å². The Balaban J connectivity index is 1.83. The van der Waals surface area contributed by atoms with Crippen LogP contribution in [0.3, 0.4) is 0 Å². The van der Waals surface area contributed by atoms with Crippen LogP contribution < -0.4 is 0 Å². The first-order valence-electron chi connectivity index (χ1n) is 9.42. The Morgan fingerprint density at radius 2 is 2.03 bits per heavy atom. The standard InChI is InChI=1S/C22H24N4O3S/c1-6-10-26-20(16-9-7-8-13(2)11-16)24-25-22(26)30-12-17(27)19-14(3)18(15(4)23-19)21(28)29-5/h6-9,11,23H,1,10,12H2,2-5H3. The van der Waals surface area contributed by atoms with Gasteiger partial charge in [0.25, 0.3) is 0 Å². The summed E-state index contributed by atoms with van der Waals surface area (Å²) < 4.78 is 6.75. The van der Waals surface area contributed by atoms with Crippen molar-refractivity contribution in [3.63, 3.8) is 0 Å². The Bertz CT molecular complexity index is 1110. The number of esters is 1. The Morgan fingerprint density at radius 3 is 2.70 bits per heavy atom. The van der Waals surface area contributed by atoms with Gasteiger partial charge < -0.3 is 9.72 Å². The van der Waals surface area contributed by atoms with E-state index < -0.39 is 5.97 Å². The second-order valence-electron chi connectivity index (χ2n) is 6.90. The minimum Gasteiger partial charge on any atom is -0.465 e. The maximum atomic E-state index is 12.8. The number of hydrogen-bond acceptors (Lipinski definition) is 6. The van der Waals surface area contributed by atoms with E-state index in [1.165, 1.54) is 18.9 Å². The van der Waals surface area contributed by atoms with E-state index in [0.29, 0.717) is 34.2 Å². The van der Waals surface area contributed by atoms with Gasteiger partial charge in [-0.3, -0.25) is 9.36 Å². The zero-order valence-electron chi connectivity index (χ0n) is 17.5. The van der Waals surface area contributed by atoms with Gasteiger partial charge >= 0.3 is 5.97 Å². The molecule has 0 radical (unpaired) electrons. The first-order chi connectivity index (χ1) is 14.4. The van der Waals surface area contributed by atoms with Crippen LogP contribution in [0.2, 0.25) is 0 Å². The van der Waals surface area contributed by atoms with Crippen LogP contribution in [0, 0.1) is 20.8 Å². The highest BCUT2D eigenvalue weighted by Gasteiger charge is 2.23. The summed E-state index contributed by atoms with van der Waals surface area (Å²) in [6.45, 7) is 9.86. The lowest BCUT2D eigenvalue weighted by Gasteiger charge is -2.08. The lowest BCUT2D eigenvalue weighted by Crippen LogP contribution is -2.08. The largest absolute Gasteiger partial charge is 0.465 e. The monoisotopic (exact) mass is 424 g/mol. The molecular formula is C22H24N4O3S. The predicted molar refractivity (Wildman–Crippen MR) is 117 cm³/mol. The van der Waals surface area contributed by atoms with E-state index in [4.69, 9.17) is 4.74 Å². The second-order valence-corrected chi connectivity index (χ2v) is 7.85. The van der Waals surface area contributed by atoms with Crippen LogP contribution in [-0.2, 0) is 11.3 Å². The van der Waals surface area contributed by atoms with Crippen molar-refractivity contribution >= 4 is 23.5 Å². The number of aryl methyl sites for hydroxylation is 2. The van der Waals surface area contributed by atoms with Gasteiger partial charge in [0.2, 0.25) is 0 Å². The Hall–Kier alpha value is -3.13. The summed E-state index contributed by atoms with van der Waals surface area (Å²) in [6, 6.07) is 8.02. The van der Waals surface area contributed by atoms with E-state index in [-0.39, 0.29) is 11.5 Å². The maximum Gasteiger partial charge on any atom is 0.339 e. The molecule has 2 heterocycles. The molecule has 0 fully saturated rings. The Labute approximate surface area is 179 Å². The number of ketones is 1. The SMILES string of the molecule is C=CCn1c(SCC(=O)c2[nH]c(C)c(C(=O)OC)c2C)nnc1-c1cccc(C)c1. The fourth-order valence-electron chi connectivity index (χ4n) is 3.33. The number of methoxy groups -OCH3 is 1. The van der Waals surface area contributed by atoms with E-state index in [9.17, 15) is 9.59 Å². The van der Waals surface area contributed by atoms with Gasteiger partial charge in [-0.25, -0.2) is 4.79 Å². The Kier molecular flexibility index (Phi) is 6.56. The number of aromatic nitrogens is 4. The molecule has 3 aromatic rings. The molecule has 0 saturated heterocycles. The predicted octanol–water partition coefficient (Wildman–Crippen LogP) is 4.15. The van der Waals surface area contributed by atoms with Crippen molar-refractivity contribution in [2.45, 2.75) is 32.5 Å². The number of allylic oxidation sites excluding steroid dienone is 1. The molecule has 1 aromatic carbocycles. The van der Waals surface area contributed by atoms with E-state index in [1.54, 1.807) is 19.9 Å². The summed E-state index contributed by atoms with van der Waals surface area (Å²) in [5.74, 6) is 0.306. The summed E-state index contributed by atoms with van der Waals surface area (Å²) in [6.07, 6.45) is 1.77. The summed E-state index contributed by atoms with van der Waals surface area (Å²) in [7, 11) is 1.32. The molecule has 2 aromatic heterocycles. The first kappa shape index (κ1) is 21.6. The molecule has 3 rings (SSSR count). The highest BCUT2D eigenvalue weighted by molar-refractivity contribution is 7.99. The summed E-state index contributed by atoms with van der Waals surface area (Å²) >= 11 is 1.30. The van der Waals surface area contributed by atoms with Gasteiger partial charge in [-0.15, -0.1) is 16.8 Å². The minimum absolute atomic E-state index is 0.124. The average molecular weight is 425 g/mol. The van der Waals surface area contributed by atoms with Gasteiger partial charge in [-0.05, 0) is 32.4 Å². The molecule has 0 unspecified atom stereocenters. The third-order valence-corrected chi connectivity index (χ3v) is 5.71. The summed E-state index contributed by atoms with van der Waals surface area (Å²) in [5, 5.41) is 9.25. The number of Topliss-reactive ketones (excluding diaryl/α,β-unsaturated/α-hetero) is 1. The van der Waals surface area contributed by atoms with Gasteiger partial charge in [0.15, 0.2) is 16.8 Å². The fourth-order valence-corrected chi connectivity index (χ4v) is 4.15. The smallest absolute Gasteiger partial charge is 0.339 e. The van der Waals surface area contributed by atoms with Crippen LogP contribution >= 0.6 is 11.8 Å². The van der Waals surface area contributed by atoms with Crippen LogP contribution in [0.4, 0.5) is 0 Å². The lowest BCUT2D eigenvalue weighted by molar-refractivity contribution is 0.0599. The lowest BCUT2D eigenvalue weighted by atomic mass is 10.1. The molecule has 0 aliphatic carbocycles. The van der Waals surface area contributed by atoms with Gasteiger partial charge in [0.1, 0.15) is 0 Å². The molecule has 1 N–H and O–H groups in total. The summed E-state index contributed by atoms with van der Waals surface area (Å²) in [4.78, 5) is 27.8. The van der Waals surface area contributed by atoms with Gasteiger partial charge in [-0.2, -0.15) is 0 Å². The normalized spacial score (nSPS) is 10.8. The number of carbonyl (C=O) groups is 2. The van der Waals surface area contributed by atoms with Crippen LogP contribution in [0.1, 0.15) is 37.7 Å². The number of benzene rings is 1. The maximum absolute atomic E-state index is 12.8. The van der Waals surface area contributed by atoms with Gasteiger partial charge in [0.05, 0.1) is 24.1 Å². The van der Waals surface area contributed by atoms with Crippen LogP contribution in [0.5, 0.6) is 0 Å². The third kappa shape index (κ3) is 4.23. The zero-order chi connectivity index (χ0) is 21.8. The van der Waals surface area contributed by atoms with Gasteiger partial charge in [0, 0.05) is 17.8 Å². The molecule has 0 bridgehead atoms. The fraction of sp³-hybridized carbons (Fsp3) is 0.273. The molecule has 0 spiro atoms. The average Bonchev–Trinajstić information content (AvgIpc) is 3.26. The molecule has 0 aliphatic heterocycles. The van der Waals surface area contributed by atoms with Crippen LogP contribution in [-0.4, -0.2) is 44.4 Å². The topological polar surface area (TPSA) is 89.9 Å². The molecule has 7 nitrogen and oxygen atoms in total. The van der Waals surface area contributed by atoms with Crippen molar-refractivity contribution in [3.8, 4) is 11.4 Å². The van der Waals surface area contributed by atoms with Crippen molar-refractivity contribution < 1.29 is 14.3 Å². The quantitative estimate of drug-likeness (QED) is 0.253. The van der Waals surface area contributed by atoms with Crippen molar-refractivity contribution in [3.05, 3.63) is 65.0 Å². The number of ether oxygens (including phenoxy) is 1. The van der Waals surface area contributed by atoms with Gasteiger partial charge in [-0.1, -0.05) is 41.6 Å². The van der Waals surface area contributed by atoms with E-state index in [2.05, 4.69) is 21.8 Å². The second kappa shape index (κ2) is 9.13. The number of aromatic amines is 1. The van der Waals surface area contributed by atoms with Crippen LogP contribution in [0.15, 0.2) is 42.1 Å². The summed E-state index contributed by atoms with van der Waals surface area (Å²) in [5.41, 5.74) is 4.11. The molecule has 0 saturated carbocycles. The minimum atomic E-state index is -0.457. The highest BCUT2D eigenvalue weighted by Crippen LogP contribution is 2.26. The highest BCUT2D eigenvalue weighted by atomic mass is 32.2.